The molecule has 0 saturated heterocycles. The van der Waals surface area contributed by atoms with Crippen LogP contribution in [0.25, 0.3) is 0 Å². The fourth-order valence-corrected chi connectivity index (χ4v) is 2.03. The summed E-state index contributed by atoms with van der Waals surface area (Å²) in [6.45, 7) is 1.75. The summed E-state index contributed by atoms with van der Waals surface area (Å²) in [6, 6.07) is 8.16. The van der Waals surface area contributed by atoms with Crippen LogP contribution in [-0.2, 0) is 4.79 Å². The molecule has 2 atom stereocenters. The number of benzene rings is 1. The van der Waals surface area contributed by atoms with E-state index in [4.69, 9.17) is 5.11 Å². The zero-order valence-corrected chi connectivity index (χ0v) is 11.9. The van der Waals surface area contributed by atoms with Gasteiger partial charge in [-0.25, -0.2) is 0 Å². The van der Waals surface area contributed by atoms with Crippen molar-refractivity contribution in [2.75, 3.05) is 14.1 Å². The lowest BCUT2D eigenvalue weighted by atomic mass is 9.95. The molecule has 0 aliphatic heterocycles. The first kappa shape index (κ1) is 14.2. The fourth-order valence-electron chi connectivity index (χ4n) is 1.77. The molecule has 0 spiro atoms. The highest BCUT2D eigenvalue weighted by Crippen LogP contribution is 2.27. The molecule has 0 amide bonds. The first-order chi connectivity index (χ1) is 7.91. The molecule has 3 nitrogen and oxygen atoms in total. The van der Waals surface area contributed by atoms with Crippen molar-refractivity contribution in [3.63, 3.8) is 0 Å². The van der Waals surface area contributed by atoms with Crippen LogP contribution in [0.1, 0.15) is 24.9 Å². The predicted molar refractivity (Wildman–Crippen MR) is 72.0 cm³/mol. The number of hydrogen-bond acceptors (Lipinski definition) is 2. The third kappa shape index (κ3) is 4.13. The van der Waals surface area contributed by atoms with Crippen LogP contribution in [0.4, 0.5) is 0 Å². The van der Waals surface area contributed by atoms with Gasteiger partial charge < -0.3 is 10.0 Å². The van der Waals surface area contributed by atoms with Gasteiger partial charge in [-0.2, -0.15) is 0 Å². The summed E-state index contributed by atoms with van der Waals surface area (Å²) in [7, 11) is 3.95. The molecule has 1 N–H and O–H groups in total. The predicted octanol–water partition coefficient (Wildman–Crippen LogP) is 3.16. The molecule has 4 heteroatoms. The highest BCUT2D eigenvalue weighted by molar-refractivity contribution is 9.10. The zero-order chi connectivity index (χ0) is 13.0. The first-order valence-corrected chi connectivity index (χ1v) is 6.35. The summed E-state index contributed by atoms with van der Waals surface area (Å²) >= 11 is 3.40. The van der Waals surface area contributed by atoms with Crippen LogP contribution < -0.4 is 0 Å². The SMILES string of the molecule is CC(CC(c1ccc(Br)cc1)N(C)C)C(=O)O. The second kappa shape index (κ2) is 6.17. The van der Waals surface area contributed by atoms with Gasteiger partial charge in [0.2, 0.25) is 0 Å². The molecule has 0 aromatic heterocycles. The quantitative estimate of drug-likeness (QED) is 0.908. The van der Waals surface area contributed by atoms with Gasteiger partial charge in [0.1, 0.15) is 0 Å². The Morgan fingerprint density at radius 1 is 1.35 bits per heavy atom. The van der Waals surface area contributed by atoms with E-state index in [1.54, 1.807) is 6.92 Å². The van der Waals surface area contributed by atoms with Gasteiger partial charge in [-0.1, -0.05) is 35.0 Å². The van der Waals surface area contributed by atoms with Crippen LogP contribution in [0.2, 0.25) is 0 Å². The van der Waals surface area contributed by atoms with E-state index in [0.717, 1.165) is 10.0 Å². The molecule has 0 heterocycles. The molecule has 2 unspecified atom stereocenters. The standard InChI is InChI=1S/C13H18BrNO2/c1-9(13(16)17)8-12(15(2)3)10-4-6-11(14)7-5-10/h4-7,9,12H,8H2,1-3H3,(H,16,17). The topological polar surface area (TPSA) is 40.5 Å². The third-order valence-electron chi connectivity index (χ3n) is 2.88. The maximum Gasteiger partial charge on any atom is 0.306 e. The van der Waals surface area contributed by atoms with E-state index in [9.17, 15) is 4.79 Å². The zero-order valence-electron chi connectivity index (χ0n) is 10.4. The number of nitrogens with zero attached hydrogens (tertiary/aromatic N) is 1. The van der Waals surface area contributed by atoms with Gasteiger partial charge in [0.25, 0.3) is 0 Å². The van der Waals surface area contributed by atoms with Crippen LogP contribution in [-0.4, -0.2) is 30.1 Å². The Hall–Kier alpha value is -0.870. The maximum atomic E-state index is 10.9. The summed E-state index contributed by atoms with van der Waals surface area (Å²) in [4.78, 5) is 13.0. The highest BCUT2D eigenvalue weighted by Gasteiger charge is 2.21. The van der Waals surface area contributed by atoms with E-state index in [2.05, 4.69) is 20.8 Å². The molecular formula is C13H18BrNO2. The van der Waals surface area contributed by atoms with Gasteiger partial charge in [0, 0.05) is 10.5 Å². The Labute approximate surface area is 111 Å². The minimum absolute atomic E-state index is 0.134. The van der Waals surface area contributed by atoms with Gasteiger partial charge in [-0.15, -0.1) is 0 Å². The lowest BCUT2D eigenvalue weighted by Gasteiger charge is -2.26. The van der Waals surface area contributed by atoms with E-state index >= 15 is 0 Å². The average molecular weight is 300 g/mol. The Kier molecular flexibility index (Phi) is 5.15. The highest BCUT2D eigenvalue weighted by atomic mass is 79.9. The Morgan fingerprint density at radius 3 is 2.29 bits per heavy atom. The van der Waals surface area contributed by atoms with Crippen molar-refractivity contribution >= 4 is 21.9 Å². The van der Waals surface area contributed by atoms with Crippen molar-refractivity contribution in [3.8, 4) is 0 Å². The number of hydrogen-bond donors (Lipinski definition) is 1. The average Bonchev–Trinajstić information content (AvgIpc) is 2.26. The Balaban J connectivity index is 2.86. The van der Waals surface area contributed by atoms with Crippen molar-refractivity contribution < 1.29 is 9.90 Å². The number of aliphatic carboxylic acids is 1. The molecule has 17 heavy (non-hydrogen) atoms. The maximum absolute atomic E-state index is 10.9. The molecule has 0 aliphatic carbocycles. The lowest BCUT2D eigenvalue weighted by Crippen LogP contribution is -2.24. The lowest BCUT2D eigenvalue weighted by molar-refractivity contribution is -0.141. The molecule has 1 aromatic rings. The number of carboxylic acids is 1. The first-order valence-electron chi connectivity index (χ1n) is 5.56. The van der Waals surface area contributed by atoms with Gasteiger partial charge in [0.15, 0.2) is 0 Å². The summed E-state index contributed by atoms with van der Waals surface area (Å²) < 4.78 is 1.03. The van der Waals surface area contributed by atoms with E-state index < -0.39 is 5.97 Å². The molecule has 1 aromatic carbocycles. The largest absolute Gasteiger partial charge is 0.481 e. The van der Waals surface area contributed by atoms with Crippen LogP contribution in [0.3, 0.4) is 0 Å². The fraction of sp³-hybridized carbons (Fsp3) is 0.462. The van der Waals surface area contributed by atoms with Gasteiger partial charge >= 0.3 is 5.97 Å². The van der Waals surface area contributed by atoms with E-state index in [1.165, 1.54) is 0 Å². The molecule has 0 radical (unpaired) electrons. The summed E-state index contributed by atoms with van der Waals surface area (Å²) in [5, 5.41) is 8.98. The Bertz CT molecular complexity index is 376. The third-order valence-corrected chi connectivity index (χ3v) is 3.41. The molecule has 0 saturated carbocycles. The molecular weight excluding hydrogens is 282 g/mol. The molecule has 0 fully saturated rings. The smallest absolute Gasteiger partial charge is 0.306 e. The van der Waals surface area contributed by atoms with Gasteiger partial charge in [-0.05, 0) is 38.2 Å². The number of carbonyl (C=O) groups is 1. The summed E-state index contributed by atoms with van der Waals surface area (Å²) in [5.74, 6) is -1.08. The molecule has 1 rings (SSSR count). The van der Waals surface area contributed by atoms with E-state index in [1.807, 2.05) is 38.4 Å². The Morgan fingerprint density at radius 2 is 1.88 bits per heavy atom. The van der Waals surface area contributed by atoms with E-state index in [0.29, 0.717) is 6.42 Å². The second-order valence-electron chi connectivity index (χ2n) is 4.51. The molecule has 0 bridgehead atoms. The number of carboxylic acid groups (broad SMARTS) is 1. The van der Waals surface area contributed by atoms with Crippen molar-refractivity contribution in [2.45, 2.75) is 19.4 Å². The second-order valence-corrected chi connectivity index (χ2v) is 5.42. The van der Waals surface area contributed by atoms with Crippen LogP contribution in [0.5, 0.6) is 0 Å². The van der Waals surface area contributed by atoms with Crippen LogP contribution >= 0.6 is 15.9 Å². The number of rotatable bonds is 5. The van der Waals surface area contributed by atoms with Crippen LogP contribution in [0, 0.1) is 5.92 Å². The van der Waals surface area contributed by atoms with Crippen molar-refractivity contribution in [3.05, 3.63) is 34.3 Å². The van der Waals surface area contributed by atoms with Gasteiger partial charge in [-0.3, -0.25) is 4.79 Å². The summed E-state index contributed by atoms with van der Waals surface area (Å²) in [6.07, 6.45) is 0.615. The van der Waals surface area contributed by atoms with Gasteiger partial charge in [0.05, 0.1) is 5.92 Å². The monoisotopic (exact) mass is 299 g/mol. The van der Waals surface area contributed by atoms with Crippen LogP contribution in [0.15, 0.2) is 28.7 Å². The molecule has 0 aliphatic rings. The van der Waals surface area contributed by atoms with Crippen molar-refractivity contribution in [1.82, 2.24) is 4.90 Å². The summed E-state index contributed by atoms with van der Waals surface area (Å²) in [5.41, 5.74) is 1.14. The minimum atomic E-state index is -0.742. The molecule has 94 valence electrons. The van der Waals surface area contributed by atoms with Crippen molar-refractivity contribution in [2.24, 2.45) is 5.92 Å². The van der Waals surface area contributed by atoms with Crippen molar-refractivity contribution in [1.29, 1.82) is 0 Å². The normalized spacial score (nSPS) is 14.6. The minimum Gasteiger partial charge on any atom is -0.481 e. The number of halogens is 1. The van der Waals surface area contributed by atoms with E-state index in [-0.39, 0.29) is 12.0 Å².